The topological polar surface area (TPSA) is 48.1 Å². The number of nitrogens with two attached hydrogens (primary N) is 1. The van der Waals surface area contributed by atoms with Gasteiger partial charge >= 0.3 is 0 Å². The minimum atomic E-state index is 0.185. The number of pyridine rings is 1. The molecular formula is C16H20N2O. The monoisotopic (exact) mass is 256 g/mol. The van der Waals surface area contributed by atoms with Crippen molar-refractivity contribution in [1.82, 2.24) is 4.98 Å². The van der Waals surface area contributed by atoms with Crippen LogP contribution in [-0.2, 0) is 5.41 Å². The molecule has 1 aromatic heterocycles. The lowest BCUT2D eigenvalue weighted by Crippen LogP contribution is -2.31. The van der Waals surface area contributed by atoms with Crippen LogP contribution >= 0.6 is 0 Å². The van der Waals surface area contributed by atoms with Crippen LogP contribution in [0, 0.1) is 0 Å². The Labute approximate surface area is 113 Å². The van der Waals surface area contributed by atoms with Gasteiger partial charge in [0, 0.05) is 23.5 Å². The van der Waals surface area contributed by atoms with Crippen molar-refractivity contribution in [1.29, 1.82) is 0 Å². The van der Waals surface area contributed by atoms with E-state index < -0.39 is 0 Å². The highest BCUT2D eigenvalue weighted by atomic mass is 16.5. The summed E-state index contributed by atoms with van der Waals surface area (Å²) in [6.45, 7) is 0.737. The van der Waals surface area contributed by atoms with Crippen LogP contribution in [0.15, 0.2) is 30.5 Å². The summed E-state index contributed by atoms with van der Waals surface area (Å²) in [5.41, 5.74) is 7.62. The number of benzene rings is 1. The van der Waals surface area contributed by atoms with Crippen molar-refractivity contribution in [3.63, 3.8) is 0 Å². The molecule has 0 bridgehead atoms. The first-order valence-electron chi connectivity index (χ1n) is 6.92. The van der Waals surface area contributed by atoms with E-state index in [0.717, 1.165) is 11.9 Å². The van der Waals surface area contributed by atoms with E-state index in [1.54, 1.807) is 13.3 Å². The molecule has 3 nitrogen and oxygen atoms in total. The van der Waals surface area contributed by atoms with Crippen molar-refractivity contribution in [2.45, 2.75) is 31.1 Å². The van der Waals surface area contributed by atoms with Crippen LogP contribution < -0.4 is 10.5 Å². The van der Waals surface area contributed by atoms with Gasteiger partial charge < -0.3 is 10.5 Å². The minimum absolute atomic E-state index is 0.185. The van der Waals surface area contributed by atoms with Crippen LogP contribution in [-0.4, -0.2) is 18.6 Å². The van der Waals surface area contributed by atoms with E-state index >= 15 is 0 Å². The number of methoxy groups -OCH3 is 1. The van der Waals surface area contributed by atoms with Crippen molar-refractivity contribution in [2.75, 3.05) is 13.7 Å². The van der Waals surface area contributed by atoms with Gasteiger partial charge in [-0.15, -0.1) is 0 Å². The van der Waals surface area contributed by atoms with E-state index in [0.29, 0.717) is 5.88 Å². The third-order valence-electron chi connectivity index (χ3n) is 4.48. The number of aromatic nitrogens is 1. The molecule has 1 saturated carbocycles. The van der Waals surface area contributed by atoms with E-state index in [4.69, 9.17) is 10.5 Å². The molecule has 0 saturated heterocycles. The zero-order chi connectivity index (χ0) is 13.3. The SMILES string of the molecule is COc1nccc2cc(C3(CN)CCCC3)ccc12. The van der Waals surface area contributed by atoms with Gasteiger partial charge in [0.05, 0.1) is 7.11 Å². The van der Waals surface area contributed by atoms with Crippen molar-refractivity contribution >= 4 is 10.8 Å². The van der Waals surface area contributed by atoms with Crippen LogP contribution in [0.4, 0.5) is 0 Å². The highest BCUT2D eigenvalue weighted by Crippen LogP contribution is 2.41. The van der Waals surface area contributed by atoms with E-state index in [1.807, 2.05) is 6.07 Å². The second kappa shape index (κ2) is 4.82. The maximum absolute atomic E-state index is 6.06. The molecule has 1 aliphatic carbocycles. The normalized spacial score (nSPS) is 17.8. The molecule has 3 rings (SSSR count). The molecule has 0 spiro atoms. The molecule has 1 aliphatic rings. The Bertz CT molecular complexity index is 588. The lowest BCUT2D eigenvalue weighted by atomic mass is 9.78. The number of fused-ring (bicyclic) bond motifs is 1. The third-order valence-corrected chi connectivity index (χ3v) is 4.48. The average molecular weight is 256 g/mol. The summed E-state index contributed by atoms with van der Waals surface area (Å²) in [6.07, 6.45) is 6.78. The molecule has 1 aromatic carbocycles. The van der Waals surface area contributed by atoms with Crippen LogP contribution in [0.3, 0.4) is 0 Å². The second-order valence-corrected chi connectivity index (χ2v) is 5.45. The fourth-order valence-corrected chi connectivity index (χ4v) is 3.31. The summed E-state index contributed by atoms with van der Waals surface area (Å²) in [6, 6.07) is 8.62. The van der Waals surface area contributed by atoms with Gasteiger partial charge in [-0.05, 0) is 35.9 Å². The predicted octanol–water partition coefficient (Wildman–Crippen LogP) is 3.01. The van der Waals surface area contributed by atoms with Crippen LogP contribution in [0.2, 0.25) is 0 Å². The summed E-state index contributed by atoms with van der Waals surface area (Å²) in [5, 5.41) is 2.25. The quantitative estimate of drug-likeness (QED) is 0.918. The minimum Gasteiger partial charge on any atom is -0.481 e. The van der Waals surface area contributed by atoms with Gasteiger partial charge in [-0.3, -0.25) is 0 Å². The number of hydrogen-bond acceptors (Lipinski definition) is 3. The largest absolute Gasteiger partial charge is 0.481 e. The maximum atomic E-state index is 6.06. The van der Waals surface area contributed by atoms with Crippen molar-refractivity contribution in [2.24, 2.45) is 5.73 Å². The number of nitrogens with zero attached hydrogens (tertiary/aromatic N) is 1. The molecule has 19 heavy (non-hydrogen) atoms. The first-order valence-corrected chi connectivity index (χ1v) is 6.92. The zero-order valence-corrected chi connectivity index (χ0v) is 11.4. The molecule has 0 aliphatic heterocycles. The van der Waals surface area contributed by atoms with Crippen LogP contribution in [0.25, 0.3) is 10.8 Å². The lowest BCUT2D eigenvalue weighted by Gasteiger charge is -2.28. The Morgan fingerprint density at radius 2 is 2.05 bits per heavy atom. The summed E-state index contributed by atoms with van der Waals surface area (Å²) in [4.78, 5) is 4.24. The van der Waals surface area contributed by atoms with Gasteiger partial charge in [0.1, 0.15) is 0 Å². The summed E-state index contributed by atoms with van der Waals surface area (Å²) in [5.74, 6) is 0.692. The van der Waals surface area contributed by atoms with Crippen molar-refractivity contribution in [3.8, 4) is 5.88 Å². The van der Waals surface area contributed by atoms with Crippen LogP contribution in [0.1, 0.15) is 31.2 Å². The van der Waals surface area contributed by atoms with Gasteiger partial charge in [0.25, 0.3) is 0 Å². The summed E-state index contributed by atoms with van der Waals surface area (Å²) < 4.78 is 5.31. The number of hydrogen-bond donors (Lipinski definition) is 1. The Morgan fingerprint density at radius 3 is 2.74 bits per heavy atom. The Balaban J connectivity index is 2.11. The first-order chi connectivity index (χ1) is 9.29. The smallest absolute Gasteiger partial charge is 0.221 e. The van der Waals surface area contributed by atoms with Gasteiger partial charge in [0.15, 0.2) is 0 Å². The Hall–Kier alpha value is -1.61. The standard InChI is InChI=1S/C16H20N2O/c1-19-15-14-5-4-13(10-12(14)6-9-18-15)16(11-17)7-2-3-8-16/h4-6,9-10H,2-3,7-8,11,17H2,1H3. The van der Waals surface area contributed by atoms with Crippen molar-refractivity contribution in [3.05, 3.63) is 36.0 Å². The molecule has 0 amide bonds. The first kappa shape index (κ1) is 12.4. The molecule has 1 fully saturated rings. The van der Waals surface area contributed by atoms with E-state index in [9.17, 15) is 0 Å². The number of ether oxygens (including phenoxy) is 1. The van der Waals surface area contributed by atoms with E-state index in [1.165, 1.54) is 36.6 Å². The lowest BCUT2D eigenvalue weighted by molar-refractivity contribution is 0.403. The Morgan fingerprint density at radius 1 is 1.26 bits per heavy atom. The molecule has 3 heteroatoms. The maximum Gasteiger partial charge on any atom is 0.221 e. The van der Waals surface area contributed by atoms with Gasteiger partial charge in [0.2, 0.25) is 5.88 Å². The van der Waals surface area contributed by atoms with Gasteiger partial charge in [-0.2, -0.15) is 0 Å². The molecule has 2 N–H and O–H groups in total. The molecule has 0 radical (unpaired) electrons. The predicted molar refractivity (Wildman–Crippen MR) is 77.5 cm³/mol. The van der Waals surface area contributed by atoms with E-state index in [2.05, 4.69) is 23.2 Å². The molecule has 2 aromatic rings. The van der Waals surface area contributed by atoms with Crippen molar-refractivity contribution < 1.29 is 4.74 Å². The molecule has 100 valence electrons. The third kappa shape index (κ3) is 1.98. The highest BCUT2D eigenvalue weighted by molar-refractivity contribution is 5.87. The fraction of sp³-hybridized carbons (Fsp3) is 0.438. The molecule has 0 unspecified atom stereocenters. The zero-order valence-electron chi connectivity index (χ0n) is 11.4. The van der Waals surface area contributed by atoms with Crippen LogP contribution in [0.5, 0.6) is 5.88 Å². The molecule has 0 atom stereocenters. The average Bonchev–Trinajstić information content (AvgIpc) is 2.96. The highest BCUT2D eigenvalue weighted by Gasteiger charge is 2.34. The van der Waals surface area contributed by atoms with Gasteiger partial charge in [-0.25, -0.2) is 4.98 Å². The second-order valence-electron chi connectivity index (χ2n) is 5.45. The van der Waals surface area contributed by atoms with E-state index in [-0.39, 0.29) is 5.41 Å². The molecule has 1 heterocycles. The fourth-order valence-electron chi connectivity index (χ4n) is 3.31. The number of rotatable bonds is 3. The summed E-state index contributed by atoms with van der Waals surface area (Å²) in [7, 11) is 1.66. The summed E-state index contributed by atoms with van der Waals surface area (Å²) >= 11 is 0. The van der Waals surface area contributed by atoms with Gasteiger partial charge in [-0.1, -0.05) is 25.0 Å². The Kier molecular flexibility index (Phi) is 3.15. The molecular weight excluding hydrogens is 236 g/mol.